The molecular formula is C11H14O3. The van der Waals surface area contributed by atoms with E-state index in [1.165, 1.54) is 0 Å². The van der Waals surface area contributed by atoms with Crippen LogP contribution in [0.15, 0.2) is 30.5 Å². The van der Waals surface area contributed by atoms with Crippen molar-refractivity contribution >= 4 is 0 Å². The van der Waals surface area contributed by atoms with Crippen molar-refractivity contribution in [2.24, 2.45) is 0 Å². The number of aliphatic hydroxyl groups excluding tert-OH is 1. The van der Waals surface area contributed by atoms with Gasteiger partial charge in [0, 0.05) is 6.07 Å². The molecule has 0 saturated carbocycles. The molecule has 0 aliphatic rings. The van der Waals surface area contributed by atoms with Crippen molar-refractivity contribution in [3.05, 3.63) is 36.1 Å². The van der Waals surface area contributed by atoms with Crippen molar-refractivity contribution in [1.82, 2.24) is 0 Å². The second-order valence-electron chi connectivity index (χ2n) is 2.76. The number of hydrogen-bond donors (Lipinski definition) is 1. The molecule has 0 aromatic heterocycles. The van der Waals surface area contributed by atoms with E-state index in [1.807, 2.05) is 6.92 Å². The minimum absolute atomic E-state index is 0.0244. The smallest absolute Gasteiger partial charge is 0.130 e. The van der Waals surface area contributed by atoms with Crippen LogP contribution in [0, 0.1) is 0 Å². The third-order valence-corrected chi connectivity index (χ3v) is 1.70. The van der Waals surface area contributed by atoms with Crippen LogP contribution in [0.4, 0.5) is 0 Å². The van der Waals surface area contributed by atoms with Gasteiger partial charge in [-0.2, -0.15) is 0 Å². The average molecular weight is 194 g/mol. The number of hydrogen-bond acceptors (Lipinski definition) is 3. The molecule has 0 atom stereocenters. The highest BCUT2D eigenvalue weighted by molar-refractivity contribution is 5.38. The Balaban J connectivity index is 2.92. The third-order valence-electron chi connectivity index (χ3n) is 1.70. The Kier molecular flexibility index (Phi) is 4.01. The summed E-state index contributed by atoms with van der Waals surface area (Å²) in [5, 5.41) is 8.98. The molecule has 0 unspecified atom stereocenters. The lowest BCUT2D eigenvalue weighted by atomic mass is 10.2. The van der Waals surface area contributed by atoms with Crippen molar-refractivity contribution < 1.29 is 14.6 Å². The predicted octanol–water partition coefficient (Wildman–Crippen LogP) is 2.10. The van der Waals surface area contributed by atoms with Gasteiger partial charge in [0.05, 0.1) is 20.0 Å². The van der Waals surface area contributed by atoms with Gasteiger partial charge in [-0.15, -0.1) is 0 Å². The zero-order chi connectivity index (χ0) is 10.4. The van der Waals surface area contributed by atoms with Crippen LogP contribution in [0.2, 0.25) is 0 Å². The van der Waals surface area contributed by atoms with Crippen molar-refractivity contribution in [3.8, 4) is 11.5 Å². The van der Waals surface area contributed by atoms with Crippen molar-refractivity contribution in [3.63, 3.8) is 0 Å². The number of methoxy groups -OCH3 is 1. The maximum Gasteiger partial charge on any atom is 0.130 e. The van der Waals surface area contributed by atoms with E-state index in [0.29, 0.717) is 11.5 Å². The normalized spacial score (nSPS) is 10.5. The van der Waals surface area contributed by atoms with E-state index in [0.717, 1.165) is 5.56 Å². The molecule has 0 aliphatic heterocycles. The van der Waals surface area contributed by atoms with Gasteiger partial charge in [0.1, 0.15) is 11.5 Å². The molecule has 1 aromatic carbocycles. The van der Waals surface area contributed by atoms with E-state index >= 15 is 0 Å². The summed E-state index contributed by atoms with van der Waals surface area (Å²) in [7, 11) is 1.58. The molecule has 1 rings (SSSR count). The molecule has 3 heteroatoms. The minimum atomic E-state index is -0.0244. The molecule has 0 saturated heterocycles. The second kappa shape index (κ2) is 5.29. The largest absolute Gasteiger partial charge is 0.497 e. The maximum atomic E-state index is 8.98. The topological polar surface area (TPSA) is 38.7 Å². The summed E-state index contributed by atoms with van der Waals surface area (Å²) in [6.45, 7) is 1.84. The Morgan fingerprint density at radius 1 is 1.29 bits per heavy atom. The van der Waals surface area contributed by atoms with Gasteiger partial charge in [-0.3, -0.25) is 0 Å². The standard InChI is InChI=1S/C11H14O3/c1-3-4-14-11-6-9(8-12)5-10(7-11)13-2/h3-7,12H,8H2,1-2H3/b4-3-. The Labute approximate surface area is 83.6 Å². The number of allylic oxidation sites excluding steroid dienone is 1. The Hall–Kier alpha value is -1.48. The zero-order valence-corrected chi connectivity index (χ0v) is 8.36. The molecule has 14 heavy (non-hydrogen) atoms. The fourth-order valence-electron chi connectivity index (χ4n) is 1.05. The van der Waals surface area contributed by atoms with Crippen LogP contribution in [-0.4, -0.2) is 12.2 Å². The van der Waals surface area contributed by atoms with Crippen LogP contribution in [0.25, 0.3) is 0 Å². The van der Waals surface area contributed by atoms with E-state index in [4.69, 9.17) is 14.6 Å². The van der Waals surface area contributed by atoms with Gasteiger partial charge in [0.25, 0.3) is 0 Å². The molecule has 0 bridgehead atoms. The molecule has 0 aliphatic carbocycles. The first-order chi connectivity index (χ1) is 6.80. The lowest BCUT2D eigenvalue weighted by Crippen LogP contribution is -1.90. The SMILES string of the molecule is C/C=C\Oc1cc(CO)cc(OC)c1. The predicted molar refractivity (Wildman–Crippen MR) is 54.4 cm³/mol. The molecule has 0 radical (unpaired) electrons. The van der Waals surface area contributed by atoms with E-state index < -0.39 is 0 Å². The highest BCUT2D eigenvalue weighted by Gasteiger charge is 2.00. The summed E-state index contributed by atoms with van der Waals surface area (Å²) in [6, 6.07) is 5.30. The lowest BCUT2D eigenvalue weighted by molar-refractivity contribution is 0.280. The first-order valence-electron chi connectivity index (χ1n) is 4.36. The van der Waals surface area contributed by atoms with Gasteiger partial charge in [-0.25, -0.2) is 0 Å². The molecule has 1 N–H and O–H groups in total. The minimum Gasteiger partial charge on any atom is -0.497 e. The lowest BCUT2D eigenvalue weighted by Gasteiger charge is -2.06. The number of ether oxygens (including phenoxy) is 2. The number of rotatable bonds is 4. The third kappa shape index (κ3) is 2.78. The Morgan fingerprint density at radius 3 is 2.57 bits per heavy atom. The second-order valence-corrected chi connectivity index (χ2v) is 2.76. The van der Waals surface area contributed by atoms with Crippen LogP contribution in [-0.2, 0) is 6.61 Å². The quantitative estimate of drug-likeness (QED) is 0.746. The van der Waals surface area contributed by atoms with E-state index in [9.17, 15) is 0 Å². The van der Waals surface area contributed by atoms with E-state index in [2.05, 4.69) is 0 Å². The Morgan fingerprint density at radius 2 is 2.00 bits per heavy atom. The highest BCUT2D eigenvalue weighted by Crippen LogP contribution is 2.22. The first-order valence-corrected chi connectivity index (χ1v) is 4.36. The highest BCUT2D eigenvalue weighted by atomic mass is 16.5. The van der Waals surface area contributed by atoms with Gasteiger partial charge in [0.15, 0.2) is 0 Å². The fourth-order valence-corrected chi connectivity index (χ4v) is 1.05. The molecule has 76 valence electrons. The van der Waals surface area contributed by atoms with Gasteiger partial charge < -0.3 is 14.6 Å². The Bertz CT molecular complexity index is 296. The van der Waals surface area contributed by atoms with Crippen LogP contribution in [0.3, 0.4) is 0 Å². The molecule has 0 fully saturated rings. The molecule has 3 nitrogen and oxygen atoms in total. The van der Waals surface area contributed by atoms with E-state index in [-0.39, 0.29) is 6.61 Å². The van der Waals surface area contributed by atoms with Crippen LogP contribution in [0.5, 0.6) is 11.5 Å². The average Bonchev–Trinajstić information content (AvgIpc) is 2.25. The monoisotopic (exact) mass is 194 g/mol. The summed E-state index contributed by atoms with van der Waals surface area (Å²) in [4.78, 5) is 0. The number of benzene rings is 1. The molecule has 0 spiro atoms. The van der Waals surface area contributed by atoms with Crippen LogP contribution in [0.1, 0.15) is 12.5 Å². The number of aliphatic hydroxyl groups is 1. The molecule has 1 aromatic rings. The first kappa shape index (κ1) is 10.6. The van der Waals surface area contributed by atoms with Crippen molar-refractivity contribution in [2.45, 2.75) is 13.5 Å². The summed E-state index contributed by atoms with van der Waals surface area (Å²) < 4.78 is 10.3. The molecular weight excluding hydrogens is 180 g/mol. The van der Waals surface area contributed by atoms with E-state index in [1.54, 1.807) is 37.6 Å². The van der Waals surface area contributed by atoms with Crippen LogP contribution < -0.4 is 9.47 Å². The van der Waals surface area contributed by atoms with Crippen molar-refractivity contribution in [2.75, 3.05) is 7.11 Å². The van der Waals surface area contributed by atoms with Gasteiger partial charge in [-0.1, -0.05) is 6.08 Å². The van der Waals surface area contributed by atoms with Crippen LogP contribution >= 0.6 is 0 Å². The summed E-state index contributed by atoms with van der Waals surface area (Å²) in [5.74, 6) is 1.34. The summed E-state index contributed by atoms with van der Waals surface area (Å²) >= 11 is 0. The zero-order valence-electron chi connectivity index (χ0n) is 8.36. The fraction of sp³-hybridized carbons (Fsp3) is 0.273. The van der Waals surface area contributed by atoms with Gasteiger partial charge in [-0.05, 0) is 24.6 Å². The van der Waals surface area contributed by atoms with Gasteiger partial charge >= 0.3 is 0 Å². The van der Waals surface area contributed by atoms with Gasteiger partial charge in [0.2, 0.25) is 0 Å². The molecule has 0 amide bonds. The maximum absolute atomic E-state index is 8.98. The summed E-state index contributed by atoms with van der Waals surface area (Å²) in [5.41, 5.74) is 0.767. The molecule has 0 heterocycles. The summed E-state index contributed by atoms with van der Waals surface area (Å²) in [6.07, 6.45) is 3.37. The van der Waals surface area contributed by atoms with Crippen molar-refractivity contribution in [1.29, 1.82) is 0 Å².